The first-order valence-electron chi connectivity index (χ1n) is 8.17. The maximum Gasteiger partial charge on any atom is 0.250 e. The second kappa shape index (κ2) is 6.18. The minimum absolute atomic E-state index is 0.0447. The van der Waals surface area contributed by atoms with Gasteiger partial charge < -0.3 is 14.4 Å². The van der Waals surface area contributed by atoms with Crippen molar-refractivity contribution in [3.05, 3.63) is 34.7 Å². The highest BCUT2D eigenvalue weighted by Crippen LogP contribution is 2.32. The van der Waals surface area contributed by atoms with Crippen LogP contribution in [0.1, 0.15) is 13.8 Å². The number of amides is 2. The quantitative estimate of drug-likeness (QED) is 0.808. The van der Waals surface area contributed by atoms with Gasteiger partial charge in [-0.2, -0.15) is 0 Å². The third kappa shape index (κ3) is 3.16. The topological polar surface area (TPSA) is 62.6 Å². The minimum atomic E-state index is -0.181. The van der Waals surface area contributed by atoms with E-state index in [9.17, 15) is 14.4 Å². The number of hydrogen-bond acceptors (Lipinski definition) is 3. The number of nitrogens with zero attached hydrogens (tertiary/aromatic N) is 3. The Balaban J connectivity index is 1.61. The third-order valence-corrected chi connectivity index (χ3v) is 4.67. The summed E-state index contributed by atoms with van der Waals surface area (Å²) in [6, 6.07) is 4.84. The molecule has 2 aliphatic heterocycles. The highest BCUT2D eigenvalue weighted by Gasteiger charge is 2.47. The van der Waals surface area contributed by atoms with Crippen molar-refractivity contribution >= 4 is 11.8 Å². The summed E-state index contributed by atoms with van der Waals surface area (Å²) >= 11 is 0. The van der Waals surface area contributed by atoms with Gasteiger partial charge in [-0.1, -0.05) is 19.9 Å². The molecule has 3 heterocycles. The lowest BCUT2D eigenvalue weighted by atomic mass is 10.0. The third-order valence-electron chi connectivity index (χ3n) is 4.67. The first kappa shape index (κ1) is 15.8. The number of rotatable bonds is 4. The highest BCUT2D eigenvalue weighted by molar-refractivity contribution is 5.84. The molecule has 0 bridgehead atoms. The van der Waals surface area contributed by atoms with E-state index < -0.39 is 0 Å². The fraction of sp³-hybridized carbons (Fsp3) is 0.588. The van der Waals surface area contributed by atoms with Crippen LogP contribution >= 0.6 is 0 Å². The molecule has 0 spiro atoms. The molecule has 2 amide bonds. The summed E-state index contributed by atoms with van der Waals surface area (Å²) in [7, 11) is 0. The van der Waals surface area contributed by atoms with Gasteiger partial charge in [0.2, 0.25) is 11.8 Å². The van der Waals surface area contributed by atoms with Crippen molar-refractivity contribution in [3.8, 4) is 0 Å². The largest absolute Gasteiger partial charge is 0.342 e. The highest BCUT2D eigenvalue weighted by atomic mass is 16.2. The van der Waals surface area contributed by atoms with Gasteiger partial charge >= 0.3 is 0 Å². The average molecular weight is 317 g/mol. The number of hydrogen-bond donors (Lipinski definition) is 0. The van der Waals surface area contributed by atoms with Crippen LogP contribution in [0.4, 0.5) is 0 Å². The second-order valence-corrected chi connectivity index (χ2v) is 6.97. The van der Waals surface area contributed by atoms with Crippen LogP contribution in [0, 0.1) is 17.8 Å². The zero-order chi connectivity index (χ0) is 16.6. The van der Waals surface area contributed by atoms with E-state index >= 15 is 0 Å². The Morgan fingerprint density at radius 2 is 2.00 bits per heavy atom. The van der Waals surface area contributed by atoms with Crippen LogP contribution in [0.5, 0.6) is 0 Å². The lowest BCUT2D eigenvalue weighted by Crippen LogP contribution is -2.39. The predicted octanol–water partition coefficient (Wildman–Crippen LogP) is 0.421. The fourth-order valence-electron chi connectivity index (χ4n) is 3.59. The zero-order valence-corrected chi connectivity index (χ0v) is 13.6. The Labute approximate surface area is 135 Å². The summed E-state index contributed by atoms with van der Waals surface area (Å²) in [5, 5.41) is 0. The van der Waals surface area contributed by atoms with E-state index in [0.29, 0.717) is 19.0 Å². The van der Waals surface area contributed by atoms with Gasteiger partial charge in [0, 0.05) is 44.4 Å². The first-order valence-corrected chi connectivity index (χ1v) is 8.17. The van der Waals surface area contributed by atoms with Crippen molar-refractivity contribution in [2.75, 3.05) is 26.2 Å². The van der Waals surface area contributed by atoms with Gasteiger partial charge in [0.05, 0.1) is 5.92 Å². The SMILES string of the molecule is CC(C)CN1C[C@@H]2CN(C(=O)Cn3ccccc3=O)C[C@@H]2C1=O. The Kier molecular flexibility index (Phi) is 4.24. The predicted molar refractivity (Wildman–Crippen MR) is 85.7 cm³/mol. The molecule has 2 aliphatic rings. The van der Waals surface area contributed by atoms with E-state index in [1.807, 2.05) is 4.90 Å². The molecule has 0 unspecified atom stereocenters. The van der Waals surface area contributed by atoms with Crippen molar-refractivity contribution in [1.29, 1.82) is 0 Å². The van der Waals surface area contributed by atoms with Gasteiger partial charge in [0.15, 0.2) is 0 Å². The summed E-state index contributed by atoms with van der Waals surface area (Å²) in [6.07, 6.45) is 1.62. The number of carbonyl (C=O) groups is 2. The van der Waals surface area contributed by atoms with E-state index in [1.54, 1.807) is 23.2 Å². The summed E-state index contributed by atoms with van der Waals surface area (Å²) in [5.41, 5.74) is -0.181. The monoisotopic (exact) mass is 317 g/mol. The van der Waals surface area contributed by atoms with Crippen molar-refractivity contribution in [2.45, 2.75) is 20.4 Å². The first-order chi connectivity index (χ1) is 11.0. The van der Waals surface area contributed by atoms with Gasteiger partial charge in [0.25, 0.3) is 5.56 Å². The molecule has 0 aromatic carbocycles. The van der Waals surface area contributed by atoms with E-state index in [0.717, 1.165) is 13.1 Å². The molecule has 0 saturated carbocycles. The van der Waals surface area contributed by atoms with Gasteiger partial charge in [0.1, 0.15) is 6.54 Å². The van der Waals surface area contributed by atoms with E-state index in [-0.39, 0.29) is 35.8 Å². The number of pyridine rings is 1. The Bertz CT molecular complexity index is 667. The van der Waals surface area contributed by atoms with Crippen molar-refractivity contribution in [3.63, 3.8) is 0 Å². The maximum absolute atomic E-state index is 12.4. The molecule has 1 aromatic rings. The molecule has 0 N–H and O–H groups in total. The van der Waals surface area contributed by atoms with Crippen molar-refractivity contribution < 1.29 is 9.59 Å². The smallest absolute Gasteiger partial charge is 0.250 e. The standard InChI is InChI=1S/C17H23N3O3/c1-12(2)7-20-9-13-8-19(10-14(13)17(20)23)16(22)11-18-6-4-3-5-15(18)21/h3-6,12-14H,7-11H2,1-2H3/t13-,14-/m0/s1. The number of fused-ring (bicyclic) bond motifs is 1. The number of aromatic nitrogens is 1. The van der Waals surface area contributed by atoms with Crippen LogP contribution in [-0.4, -0.2) is 52.4 Å². The lowest BCUT2D eigenvalue weighted by Gasteiger charge is -2.23. The molecule has 2 saturated heterocycles. The van der Waals surface area contributed by atoms with Gasteiger partial charge in [-0.15, -0.1) is 0 Å². The number of carbonyl (C=O) groups excluding carboxylic acids is 2. The molecule has 23 heavy (non-hydrogen) atoms. The van der Waals surface area contributed by atoms with Crippen LogP contribution in [0.15, 0.2) is 29.2 Å². The molecule has 2 atom stereocenters. The van der Waals surface area contributed by atoms with Crippen LogP contribution in [0.3, 0.4) is 0 Å². The molecule has 0 aliphatic carbocycles. The molecular formula is C17H23N3O3. The van der Waals surface area contributed by atoms with Crippen LogP contribution in [0.25, 0.3) is 0 Å². The van der Waals surface area contributed by atoms with Crippen LogP contribution in [-0.2, 0) is 16.1 Å². The summed E-state index contributed by atoms with van der Waals surface area (Å²) < 4.78 is 1.41. The summed E-state index contributed by atoms with van der Waals surface area (Å²) in [6.45, 7) is 6.90. The molecule has 2 fully saturated rings. The van der Waals surface area contributed by atoms with Crippen molar-refractivity contribution in [1.82, 2.24) is 14.4 Å². The molecule has 0 radical (unpaired) electrons. The van der Waals surface area contributed by atoms with Gasteiger partial charge in [-0.25, -0.2) is 0 Å². The normalized spacial score (nSPS) is 23.7. The van der Waals surface area contributed by atoms with E-state index in [1.165, 1.54) is 10.6 Å². The van der Waals surface area contributed by atoms with Gasteiger partial charge in [-0.3, -0.25) is 14.4 Å². The van der Waals surface area contributed by atoms with E-state index in [2.05, 4.69) is 13.8 Å². The Morgan fingerprint density at radius 3 is 2.65 bits per heavy atom. The molecule has 6 nitrogen and oxygen atoms in total. The number of likely N-dealkylation sites (tertiary alicyclic amines) is 2. The van der Waals surface area contributed by atoms with Crippen LogP contribution < -0.4 is 5.56 Å². The fourth-order valence-corrected chi connectivity index (χ4v) is 3.59. The van der Waals surface area contributed by atoms with E-state index in [4.69, 9.17) is 0 Å². The lowest BCUT2D eigenvalue weighted by molar-refractivity contribution is -0.133. The van der Waals surface area contributed by atoms with Gasteiger partial charge in [-0.05, 0) is 12.0 Å². The maximum atomic E-state index is 12.4. The second-order valence-electron chi connectivity index (χ2n) is 6.97. The molecule has 3 rings (SSSR count). The zero-order valence-electron chi connectivity index (χ0n) is 13.6. The Morgan fingerprint density at radius 1 is 1.22 bits per heavy atom. The molecule has 124 valence electrons. The summed E-state index contributed by atoms with van der Waals surface area (Å²) in [5.74, 6) is 0.718. The molecule has 1 aromatic heterocycles. The molecular weight excluding hydrogens is 294 g/mol. The average Bonchev–Trinajstić information content (AvgIpc) is 3.02. The summed E-state index contributed by atoms with van der Waals surface area (Å²) in [4.78, 5) is 40.2. The van der Waals surface area contributed by atoms with Crippen LogP contribution in [0.2, 0.25) is 0 Å². The van der Waals surface area contributed by atoms with Crippen molar-refractivity contribution in [2.24, 2.45) is 17.8 Å². The Hall–Kier alpha value is -2.11. The molecule has 6 heteroatoms. The minimum Gasteiger partial charge on any atom is -0.342 e.